The molecule has 1 N–H and O–H groups in total. The van der Waals surface area contributed by atoms with Crippen LogP contribution in [0.25, 0.3) is 11.1 Å². The summed E-state index contributed by atoms with van der Waals surface area (Å²) >= 11 is 0. The van der Waals surface area contributed by atoms with Gasteiger partial charge in [0.05, 0.1) is 0 Å². The Labute approximate surface area is 121 Å². The maximum atomic E-state index is 14.1. The molecule has 0 atom stereocenters. The molecule has 0 radical (unpaired) electrons. The monoisotopic (exact) mass is 289 g/mol. The van der Waals surface area contributed by atoms with Crippen molar-refractivity contribution in [2.45, 2.75) is 26.8 Å². The highest BCUT2D eigenvalue weighted by atomic mass is 19.1. The zero-order chi connectivity index (χ0) is 15.7. The Morgan fingerprint density at radius 1 is 1.24 bits per heavy atom. The first-order valence-electron chi connectivity index (χ1n) is 6.57. The molecule has 0 saturated carbocycles. The molecule has 0 amide bonds. The van der Waals surface area contributed by atoms with Crippen LogP contribution in [0, 0.1) is 5.82 Å². The minimum absolute atomic E-state index is 0.0515. The molecule has 0 aliphatic rings. The number of aromatic nitrogens is 1. The van der Waals surface area contributed by atoms with Crippen molar-refractivity contribution in [3.05, 3.63) is 47.5 Å². The van der Waals surface area contributed by atoms with Crippen molar-refractivity contribution in [2.75, 3.05) is 0 Å². The highest BCUT2D eigenvalue weighted by molar-refractivity contribution is 5.94. The van der Waals surface area contributed by atoms with Crippen LogP contribution < -0.4 is 0 Å². The van der Waals surface area contributed by atoms with Crippen molar-refractivity contribution in [1.29, 1.82) is 0 Å². The molecule has 1 aromatic carbocycles. The molecule has 0 fully saturated rings. The van der Waals surface area contributed by atoms with Crippen LogP contribution in [0.15, 0.2) is 30.5 Å². The van der Waals surface area contributed by atoms with Gasteiger partial charge in [0.25, 0.3) is 0 Å². The lowest BCUT2D eigenvalue weighted by molar-refractivity contribution is 0.0683. The van der Waals surface area contributed by atoms with Crippen LogP contribution in [-0.4, -0.2) is 21.4 Å². The molecule has 0 bridgehead atoms. The average molecular weight is 289 g/mol. The number of benzene rings is 1. The minimum atomic E-state index is -1.06. The van der Waals surface area contributed by atoms with Crippen molar-refractivity contribution in [3.8, 4) is 11.1 Å². The van der Waals surface area contributed by atoms with E-state index in [-0.39, 0.29) is 28.6 Å². The fourth-order valence-corrected chi connectivity index (χ4v) is 2.19. The Balaban J connectivity index is 2.55. The predicted molar refractivity (Wildman–Crippen MR) is 77.2 cm³/mol. The van der Waals surface area contributed by atoms with E-state index in [0.717, 1.165) is 0 Å². The number of halogens is 1. The smallest absolute Gasteiger partial charge is 0.352 e. The van der Waals surface area contributed by atoms with Crippen LogP contribution in [0.4, 0.5) is 4.39 Å². The van der Waals surface area contributed by atoms with Crippen LogP contribution >= 0.6 is 0 Å². The summed E-state index contributed by atoms with van der Waals surface area (Å²) in [5, 5.41) is 9.20. The zero-order valence-electron chi connectivity index (χ0n) is 12.1. The van der Waals surface area contributed by atoms with Crippen molar-refractivity contribution in [2.24, 2.45) is 0 Å². The molecule has 0 aliphatic heterocycles. The molecule has 1 aromatic heterocycles. The number of carbonyl (C=O) groups excluding carboxylic acids is 1. The Hall–Kier alpha value is -2.43. The van der Waals surface area contributed by atoms with E-state index in [1.807, 2.05) is 13.8 Å². The Kier molecular flexibility index (Phi) is 3.93. The first-order valence-corrected chi connectivity index (χ1v) is 6.57. The second kappa shape index (κ2) is 5.52. The maximum absolute atomic E-state index is 14.1. The van der Waals surface area contributed by atoms with E-state index in [0.29, 0.717) is 5.56 Å². The van der Waals surface area contributed by atoms with Gasteiger partial charge < -0.3 is 9.67 Å². The lowest BCUT2D eigenvalue weighted by atomic mass is 10.0. The van der Waals surface area contributed by atoms with Crippen molar-refractivity contribution >= 4 is 11.8 Å². The number of ketones is 1. The van der Waals surface area contributed by atoms with Gasteiger partial charge in [0.1, 0.15) is 11.5 Å². The lowest BCUT2D eigenvalue weighted by Gasteiger charge is -2.09. The van der Waals surface area contributed by atoms with Crippen LogP contribution in [0.2, 0.25) is 0 Å². The molecule has 21 heavy (non-hydrogen) atoms. The highest BCUT2D eigenvalue weighted by Gasteiger charge is 2.17. The number of hydrogen-bond donors (Lipinski definition) is 1. The molecule has 110 valence electrons. The summed E-state index contributed by atoms with van der Waals surface area (Å²) in [6, 6.07) is 5.59. The lowest BCUT2D eigenvalue weighted by Crippen LogP contribution is -2.09. The van der Waals surface area contributed by atoms with E-state index < -0.39 is 11.8 Å². The van der Waals surface area contributed by atoms with Crippen molar-refractivity contribution in [3.63, 3.8) is 0 Å². The number of rotatable bonds is 4. The largest absolute Gasteiger partial charge is 0.477 e. The summed E-state index contributed by atoms with van der Waals surface area (Å²) < 4.78 is 15.7. The van der Waals surface area contributed by atoms with Gasteiger partial charge in [0.15, 0.2) is 5.78 Å². The highest BCUT2D eigenvalue weighted by Crippen LogP contribution is 2.27. The fraction of sp³-hybridized carbons (Fsp3) is 0.250. The van der Waals surface area contributed by atoms with E-state index in [1.54, 1.807) is 10.8 Å². The van der Waals surface area contributed by atoms with Crippen LogP contribution in [0.3, 0.4) is 0 Å². The number of aromatic carboxylic acids is 1. The molecule has 2 aromatic rings. The second-order valence-electron chi connectivity index (χ2n) is 5.17. The molecule has 0 spiro atoms. The quantitative estimate of drug-likeness (QED) is 0.871. The van der Waals surface area contributed by atoms with Gasteiger partial charge in [-0.05, 0) is 32.9 Å². The standard InChI is InChI=1S/C16H16FNO3/c1-9(2)18-8-12(7-15(18)16(20)21)13-5-4-11(10(3)19)6-14(13)17/h4-9H,1-3H3,(H,20,21). The van der Waals surface area contributed by atoms with Crippen molar-refractivity contribution < 1.29 is 19.1 Å². The normalized spacial score (nSPS) is 10.9. The number of hydrogen-bond acceptors (Lipinski definition) is 2. The van der Waals surface area contributed by atoms with Crippen LogP contribution in [0.5, 0.6) is 0 Å². The second-order valence-corrected chi connectivity index (χ2v) is 5.17. The summed E-state index contributed by atoms with van der Waals surface area (Å²) in [5.74, 6) is -1.82. The summed E-state index contributed by atoms with van der Waals surface area (Å²) in [6.07, 6.45) is 1.61. The Bertz CT molecular complexity index is 716. The first kappa shape index (κ1) is 15.0. The van der Waals surface area contributed by atoms with Gasteiger partial charge in [-0.15, -0.1) is 0 Å². The summed E-state index contributed by atoms with van der Waals surface area (Å²) in [7, 11) is 0. The van der Waals surface area contributed by atoms with E-state index >= 15 is 0 Å². The molecule has 5 heteroatoms. The van der Waals surface area contributed by atoms with Gasteiger partial charge >= 0.3 is 5.97 Å². The topological polar surface area (TPSA) is 59.3 Å². The molecule has 2 rings (SSSR count). The van der Waals surface area contributed by atoms with E-state index in [1.165, 1.54) is 31.2 Å². The average Bonchev–Trinajstić information content (AvgIpc) is 2.83. The molecule has 0 unspecified atom stereocenters. The number of carboxylic acid groups (broad SMARTS) is 1. The Morgan fingerprint density at radius 3 is 2.33 bits per heavy atom. The van der Waals surface area contributed by atoms with E-state index in [2.05, 4.69) is 0 Å². The van der Waals surface area contributed by atoms with Gasteiger partial charge in [-0.1, -0.05) is 12.1 Å². The molecule has 4 nitrogen and oxygen atoms in total. The van der Waals surface area contributed by atoms with Gasteiger partial charge in [-0.25, -0.2) is 9.18 Å². The number of carboxylic acids is 1. The fourth-order valence-electron chi connectivity index (χ4n) is 2.19. The molecule has 1 heterocycles. The van der Waals surface area contributed by atoms with Gasteiger partial charge in [-0.3, -0.25) is 4.79 Å². The van der Waals surface area contributed by atoms with Crippen molar-refractivity contribution in [1.82, 2.24) is 4.57 Å². The summed E-state index contributed by atoms with van der Waals surface area (Å²) in [5.41, 5.74) is 1.16. The SMILES string of the molecule is CC(=O)c1ccc(-c2cc(C(=O)O)n(C(C)C)c2)c(F)c1. The van der Waals surface area contributed by atoms with Gasteiger partial charge in [0, 0.05) is 28.9 Å². The maximum Gasteiger partial charge on any atom is 0.352 e. The Morgan fingerprint density at radius 2 is 1.90 bits per heavy atom. The molecular weight excluding hydrogens is 273 g/mol. The van der Waals surface area contributed by atoms with E-state index in [9.17, 15) is 19.1 Å². The molecular formula is C16H16FNO3. The van der Waals surface area contributed by atoms with Crippen LogP contribution in [0.1, 0.15) is 47.7 Å². The predicted octanol–water partition coefficient (Wildman–Crippen LogP) is 3.78. The molecule has 0 aliphatic carbocycles. The summed E-state index contributed by atoms with van der Waals surface area (Å²) in [4.78, 5) is 22.5. The minimum Gasteiger partial charge on any atom is -0.477 e. The van der Waals surface area contributed by atoms with Crippen LogP contribution in [-0.2, 0) is 0 Å². The van der Waals surface area contributed by atoms with Gasteiger partial charge in [-0.2, -0.15) is 0 Å². The molecule has 0 saturated heterocycles. The zero-order valence-corrected chi connectivity index (χ0v) is 12.1. The number of Topliss-reactive ketones (excluding diaryl/α,β-unsaturated/α-hetero) is 1. The summed E-state index contributed by atoms with van der Waals surface area (Å²) in [6.45, 7) is 5.07. The van der Waals surface area contributed by atoms with E-state index in [4.69, 9.17) is 0 Å². The first-order chi connectivity index (χ1) is 9.81. The third-order valence-electron chi connectivity index (χ3n) is 3.31. The third kappa shape index (κ3) is 2.86. The number of carbonyl (C=O) groups is 2. The van der Waals surface area contributed by atoms with Gasteiger partial charge in [0.2, 0.25) is 0 Å². The number of nitrogens with zero attached hydrogens (tertiary/aromatic N) is 1. The third-order valence-corrected chi connectivity index (χ3v) is 3.31.